The molecule has 0 atom stereocenters. The number of hydrogen-bond acceptors (Lipinski definition) is 0. The van der Waals surface area contributed by atoms with E-state index in [9.17, 15) is 0 Å². The summed E-state index contributed by atoms with van der Waals surface area (Å²) in [4.78, 5) is 0. The highest BCUT2D eigenvalue weighted by molar-refractivity contribution is 7.95. The van der Waals surface area contributed by atoms with Crippen LogP contribution in [0.3, 0.4) is 0 Å². The first-order chi connectivity index (χ1) is 4.42. The van der Waals surface area contributed by atoms with Crippen molar-refractivity contribution in [2.75, 3.05) is 46.0 Å². The molecule has 0 fully saturated rings. The second-order valence-electron chi connectivity index (χ2n) is 4.06. The molecular weight excluding hydrogens is 142 g/mol. The highest BCUT2D eigenvalue weighted by Gasteiger charge is 2.09. The minimum absolute atomic E-state index is 0.640. The number of nitrogens with zero attached hydrogens (tertiary/aromatic N) is 1. The van der Waals surface area contributed by atoms with E-state index in [-0.39, 0.29) is 0 Å². The maximum Gasteiger partial charge on any atom is 0.113 e. The van der Waals surface area contributed by atoms with Crippen LogP contribution >= 0.6 is 0 Å². The molecule has 10 heavy (non-hydrogen) atoms. The Labute approximate surface area is 68.4 Å². The lowest BCUT2D eigenvalue weighted by molar-refractivity contribution is -0.870. The third kappa shape index (κ3) is 8.31. The normalized spacial score (nSPS) is 12.6. The van der Waals surface area contributed by atoms with Crippen LogP contribution in [0.25, 0.3) is 0 Å². The van der Waals surface area contributed by atoms with Crippen LogP contribution in [0.2, 0.25) is 0 Å². The van der Waals surface area contributed by atoms with Crippen LogP contribution in [0.1, 0.15) is 6.42 Å². The van der Waals surface area contributed by atoms with E-state index in [0.29, 0.717) is 10.9 Å². The van der Waals surface area contributed by atoms with Crippen molar-refractivity contribution in [2.45, 2.75) is 6.42 Å². The molecule has 0 aliphatic carbocycles. The summed E-state index contributed by atoms with van der Waals surface area (Å²) in [6.07, 6.45) is 6.00. The molecule has 2 heteroatoms. The van der Waals surface area contributed by atoms with Crippen LogP contribution in [0.4, 0.5) is 0 Å². The molecule has 0 radical (unpaired) electrons. The predicted octanol–water partition coefficient (Wildman–Crippen LogP) is 0.961. The van der Waals surface area contributed by atoms with E-state index in [2.05, 4.69) is 33.7 Å². The Bertz CT molecular complexity index is 83.7. The van der Waals surface area contributed by atoms with Gasteiger partial charge in [0.1, 0.15) is 5.75 Å². The zero-order valence-electron chi connectivity index (χ0n) is 7.98. The van der Waals surface area contributed by atoms with Gasteiger partial charge in [0.2, 0.25) is 0 Å². The summed E-state index contributed by atoms with van der Waals surface area (Å²) >= 11 is 0. The van der Waals surface area contributed by atoms with Gasteiger partial charge in [-0.05, 0) is 10.9 Å². The highest BCUT2D eigenvalue weighted by Crippen LogP contribution is 1.96. The first kappa shape index (κ1) is 10.3. The Morgan fingerprint density at radius 2 is 1.60 bits per heavy atom. The fourth-order valence-electron chi connectivity index (χ4n) is 0.828. The molecule has 0 aromatic carbocycles. The van der Waals surface area contributed by atoms with Gasteiger partial charge >= 0.3 is 0 Å². The van der Waals surface area contributed by atoms with Gasteiger partial charge in [-0.1, -0.05) is 0 Å². The maximum absolute atomic E-state index is 2.32. The van der Waals surface area contributed by atoms with Gasteiger partial charge in [-0.3, -0.25) is 0 Å². The summed E-state index contributed by atoms with van der Waals surface area (Å²) in [5.41, 5.74) is 0. The van der Waals surface area contributed by atoms with Crippen LogP contribution < -0.4 is 0 Å². The summed E-state index contributed by atoms with van der Waals surface area (Å²) in [6, 6.07) is 0. The van der Waals surface area contributed by atoms with E-state index in [1.165, 1.54) is 18.7 Å². The van der Waals surface area contributed by atoms with E-state index >= 15 is 0 Å². The first-order valence-electron chi connectivity index (χ1n) is 3.76. The van der Waals surface area contributed by atoms with Gasteiger partial charge < -0.3 is 4.48 Å². The van der Waals surface area contributed by atoms with E-state index < -0.39 is 0 Å². The van der Waals surface area contributed by atoms with Crippen molar-refractivity contribution < 1.29 is 4.48 Å². The standard InChI is InChI=1S/C8H21NS/c1-9(2,3)7-6-8-10(4)5/h6-8H2,1-5H3/q+2. The Balaban J connectivity index is 3.21. The number of rotatable bonds is 4. The first-order valence-corrected chi connectivity index (χ1v) is 5.97. The Kier molecular flexibility index (Phi) is 4.37. The molecule has 0 aromatic rings. The Morgan fingerprint density at radius 3 is 1.90 bits per heavy atom. The third-order valence-electron chi connectivity index (χ3n) is 1.38. The van der Waals surface area contributed by atoms with Gasteiger partial charge in [0.15, 0.2) is 0 Å². The fraction of sp³-hybridized carbons (Fsp3) is 1.00. The largest absolute Gasteiger partial charge is 0.331 e. The van der Waals surface area contributed by atoms with Crippen LogP contribution in [-0.2, 0) is 10.9 Å². The predicted molar refractivity (Wildman–Crippen MR) is 51.6 cm³/mol. The fourth-order valence-corrected chi connectivity index (χ4v) is 1.53. The summed E-state index contributed by atoms with van der Waals surface area (Å²) in [5.74, 6) is 1.40. The summed E-state index contributed by atoms with van der Waals surface area (Å²) in [5, 5.41) is 0. The van der Waals surface area contributed by atoms with Gasteiger partial charge in [0, 0.05) is 6.42 Å². The van der Waals surface area contributed by atoms with Gasteiger partial charge in [-0.2, -0.15) is 0 Å². The van der Waals surface area contributed by atoms with Crippen LogP contribution in [0, 0.1) is 0 Å². The van der Waals surface area contributed by atoms with E-state index in [0.717, 1.165) is 4.48 Å². The number of quaternary nitrogens is 1. The molecule has 0 unspecified atom stereocenters. The van der Waals surface area contributed by atoms with E-state index in [1.807, 2.05) is 0 Å². The molecule has 0 spiro atoms. The number of hydrogen-bond donors (Lipinski definition) is 0. The molecule has 0 heterocycles. The molecule has 0 aliphatic rings. The van der Waals surface area contributed by atoms with Crippen molar-refractivity contribution in [1.29, 1.82) is 0 Å². The van der Waals surface area contributed by atoms with Gasteiger partial charge in [-0.15, -0.1) is 0 Å². The lowest BCUT2D eigenvalue weighted by atomic mass is 10.4. The Morgan fingerprint density at radius 1 is 1.10 bits per heavy atom. The highest BCUT2D eigenvalue weighted by atomic mass is 32.2. The molecule has 0 saturated carbocycles. The van der Waals surface area contributed by atoms with Crippen molar-refractivity contribution in [1.82, 2.24) is 0 Å². The van der Waals surface area contributed by atoms with Crippen LogP contribution in [0.15, 0.2) is 0 Å². The monoisotopic (exact) mass is 163 g/mol. The van der Waals surface area contributed by atoms with Crippen molar-refractivity contribution in [3.05, 3.63) is 0 Å². The summed E-state index contributed by atoms with van der Waals surface area (Å²) < 4.78 is 1.11. The molecule has 0 rings (SSSR count). The Hall–Kier alpha value is 0.310. The van der Waals surface area contributed by atoms with Crippen LogP contribution in [-0.4, -0.2) is 50.4 Å². The SMILES string of the molecule is C[S+](C)CCC[N+](C)(C)C. The maximum atomic E-state index is 2.32. The van der Waals surface area contributed by atoms with Crippen molar-refractivity contribution in [3.63, 3.8) is 0 Å². The molecular formula is C8H21NS+2. The summed E-state index contributed by atoms with van der Waals surface area (Å²) in [7, 11) is 7.40. The minimum atomic E-state index is 0.640. The van der Waals surface area contributed by atoms with Crippen LogP contribution in [0.5, 0.6) is 0 Å². The average Bonchev–Trinajstić information content (AvgIpc) is 1.59. The smallest absolute Gasteiger partial charge is 0.113 e. The lowest BCUT2D eigenvalue weighted by Crippen LogP contribution is -2.36. The second-order valence-corrected chi connectivity index (χ2v) is 6.44. The van der Waals surface area contributed by atoms with Gasteiger partial charge in [-0.25, -0.2) is 0 Å². The molecule has 1 nitrogen and oxygen atoms in total. The second kappa shape index (κ2) is 4.24. The molecule has 62 valence electrons. The molecule has 0 amide bonds. The van der Waals surface area contributed by atoms with Crippen molar-refractivity contribution in [3.8, 4) is 0 Å². The molecule has 0 aromatic heterocycles. The topological polar surface area (TPSA) is 0 Å². The zero-order valence-corrected chi connectivity index (χ0v) is 8.79. The quantitative estimate of drug-likeness (QED) is 0.428. The van der Waals surface area contributed by atoms with E-state index in [4.69, 9.17) is 0 Å². The molecule has 0 bridgehead atoms. The van der Waals surface area contributed by atoms with Crippen molar-refractivity contribution >= 4 is 10.9 Å². The lowest BCUT2D eigenvalue weighted by Gasteiger charge is -2.23. The average molecular weight is 163 g/mol. The van der Waals surface area contributed by atoms with Crippen molar-refractivity contribution in [2.24, 2.45) is 0 Å². The zero-order chi connectivity index (χ0) is 8.20. The summed E-state index contributed by atoms with van der Waals surface area (Å²) in [6.45, 7) is 1.31. The van der Waals surface area contributed by atoms with Gasteiger partial charge in [0.25, 0.3) is 0 Å². The molecule has 0 N–H and O–H groups in total. The van der Waals surface area contributed by atoms with E-state index in [1.54, 1.807) is 0 Å². The third-order valence-corrected chi connectivity index (χ3v) is 2.49. The molecule has 0 saturated heterocycles. The molecule has 0 aliphatic heterocycles. The van der Waals surface area contributed by atoms with Gasteiger partial charge in [0.05, 0.1) is 40.2 Å². The minimum Gasteiger partial charge on any atom is -0.331 e.